The van der Waals surface area contributed by atoms with E-state index in [-0.39, 0.29) is 11.2 Å². The van der Waals surface area contributed by atoms with E-state index < -0.39 is 0 Å². The molecule has 0 fully saturated rings. The smallest absolute Gasteiger partial charge is 0.134 e. The molecule has 4 aromatic rings. The molecule has 0 aliphatic heterocycles. The van der Waals surface area contributed by atoms with E-state index >= 15 is 0 Å². The first-order valence-electron chi connectivity index (χ1n) is 12.1. The maximum absolute atomic E-state index is 9.48. The van der Waals surface area contributed by atoms with Crippen molar-refractivity contribution in [3.8, 4) is 28.4 Å². The van der Waals surface area contributed by atoms with Gasteiger partial charge in [-0.15, -0.1) is 0 Å². The average molecular weight is 562 g/mol. The Bertz CT molecular complexity index is 1340. The number of aromatic hydroxyl groups is 1. The summed E-state index contributed by atoms with van der Waals surface area (Å²) >= 11 is 5.33. The van der Waals surface area contributed by atoms with Crippen LogP contribution in [0.4, 0.5) is 0 Å². The topological polar surface area (TPSA) is 29.5 Å². The molecule has 186 valence electrons. The molecule has 2 nitrogen and oxygen atoms in total. The van der Waals surface area contributed by atoms with Crippen LogP contribution in [0, 0.1) is 20.8 Å². The molecule has 4 rings (SSSR count). The number of ether oxygens (including phenoxy) is 1. The Labute approximate surface area is 227 Å². The van der Waals surface area contributed by atoms with E-state index in [2.05, 4.69) is 93.9 Å². The maximum Gasteiger partial charge on any atom is 0.134 e. The van der Waals surface area contributed by atoms with Gasteiger partial charge in [0.05, 0.1) is 0 Å². The second-order valence-corrected chi connectivity index (χ2v) is 12.0. The Morgan fingerprint density at radius 2 is 1.25 bits per heavy atom. The van der Waals surface area contributed by atoms with Gasteiger partial charge in [-0.05, 0) is 120 Å². The number of rotatable bonds is 6. The molecular formula is C32H33BrO2S. The van der Waals surface area contributed by atoms with Crippen LogP contribution >= 0.6 is 27.7 Å². The van der Waals surface area contributed by atoms with Crippen molar-refractivity contribution < 1.29 is 9.84 Å². The van der Waals surface area contributed by atoms with Crippen LogP contribution in [0.5, 0.6) is 17.2 Å². The van der Waals surface area contributed by atoms with Crippen molar-refractivity contribution in [3.05, 3.63) is 101 Å². The van der Waals surface area contributed by atoms with Crippen molar-refractivity contribution in [1.82, 2.24) is 0 Å². The summed E-state index contributed by atoms with van der Waals surface area (Å²) in [5, 5.41) is 10.2. The summed E-state index contributed by atoms with van der Waals surface area (Å²) in [4.78, 5) is 2.20. The van der Waals surface area contributed by atoms with E-state index in [9.17, 15) is 5.11 Å². The van der Waals surface area contributed by atoms with E-state index in [0.29, 0.717) is 5.33 Å². The van der Waals surface area contributed by atoms with Gasteiger partial charge >= 0.3 is 0 Å². The van der Waals surface area contributed by atoms with Crippen LogP contribution in [0.1, 0.15) is 48.6 Å². The highest BCUT2D eigenvalue weighted by atomic mass is 79.9. The molecule has 0 saturated carbocycles. The fourth-order valence-electron chi connectivity index (χ4n) is 4.92. The second-order valence-electron chi connectivity index (χ2n) is 10.3. The number of phenols is 1. The SMILES string of the molecule is Cc1cc(-c2cc(C)c(C(C)(C)C)c(C)c2)cc(CBr)c1Oc1ccc(Sc2ccc(O)cc2)cc1. The Balaban J connectivity index is 1.59. The lowest BCUT2D eigenvalue weighted by Crippen LogP contribution is -2.15. The van der Waals surface area contributed by atoms with Crippen molar-refractivity contribution >= 4 is 27.7 Å². The number of aryl methyl sites for hydroxylation is 3. The first-order chi connectivity index (χ1) is 17.0. The summed E-state index contributed by atoms with van der Waals surface area (Å²) in [6.45, 7) is 13.4. The summed E-state index contributed by atoms with van der Waals surface area (Å²) in [5.41, 5.74) is 8.91. The van der Waals surface area contributed by atoms with Gasteiger partial charge in [0.15, 0.2) is 0 Å². The Kier molecular flexibility index (Phi) is 7.87. The summed E-state index contributed by atoms with van der Waals surface area (Å²) in [6, 6.07) is 24.5. The largest absolute Gasteiger partial charge is 0.508 e. The zero-order valence-electron chi connectivity index (χ0n) is 21.8. The van der Waals surface area contributed by atoms with Crippen LogP contribution in [-0.2, 0) is 10.7 Å². The summed E-state index contributed by atoms with van der Waals surface area (Å²) in [5.74, 6) is 1.98. The summed E-state index contributed by atoms with van der Waals surface area (Å²) in [6.07, 6.45) is 0. The Hall–Kier alpha value is -2.69. The normalized spacial score (nSPS) is 11.5. The minimum absolute atomic E-state index is 0.124. The molecular weight excluding hydrogens is 528 g/mol. The molecule has 4 aromatic carbocycles. The van der Waals surface area contributed by atoms with Crippen LogP contribution in [-0.4, -0.2) is 5.11 Å². The minimum Gasteiger partial charge on any atom is -0.508 e. The van der Waals surface area contributed by atoms with Gasteiger partial charge in [0, 0.05) is 20.7 Å². The van der Waals surface area contributed by atoms with Crippen LogP contribution in [0.3, 0.4) is 0 Å². The zero-order valence-corrected chi connectivity index (χ0v) is 24.2. The van der Waals surface area contributed by atoms with Gasteiger partial charge in [-0.3, -0.25) is 0 Å². The number of hydrogen-bond donors (Lipinski definition) is 1. The second kappa shape index (κ2) is 10.7. The molecule has 0 spiro atoms. The standard InChI is InChI=1S/C32H33BrO2S/c1-20-15-23(16-21(2)30(20)32(4,5)6)24-17-22(3)31(25(18-24)19-33)35-27-9-13-29(14-10-27)36-28-11-7-26(34)8-12-28/h7-18,34H,19H2,1-6H3. The first-order valence-corrected chi connectivity index (χ1v) is 14.1. The van der Waals surface area contributed by atoms with Gasteiger partial charge in [0.25, 0.3) is 0 Å². The molecule has 1 N–H and O–H groups in total. The molecule has 0 aromatic heterocycles. The van der Waals surface area contributed by atoms with Crippen LogP contribution in [0.2, 0.25) is 0 Å². The molecule has 0 radical (unpaired) electrons. The lowest BCUT2D eigenvalue weighted by atomic mass is 9.80. The quantitative estimate of drug-likeness (QED) is 0.238. The minimum atomic E-state index is 0.124. The van der Waals surface area contributed by atoms with E-state index in [4.69, 9.17) is 4.74 Å². The third-order valence-electron chi connectivity index (χ3n) is 6.23. The van der Waals surface area contributed by atoms with Crippen LogP contribution in [0.25, 0.3) is 11.1 Å². The fraction of sp³-hybridized carbons (Fsp3) is 0.250. The number of benzene rings is 4. The predicted molar refractivity (Wildman–Crippen MR) is 156 cm³/mol. The molecule has 0 heterocycles. The average Bonchev–Trinajstić information content (AvgIpc) is 2.81. The molecule has 0 bridgehead atoms. The van der Waals surface area contributed by atoms with Crippen molar-refractivity contribution in [2.75, 3.05) is 0 Å². The van der Waals surface area contributed by atoms with E-state index in [1.165, 1.54) is 27.8 Å². The molecule has 0 atom stereocenters. The molecule has 36 heavy (non-hydrogen) atoms. The number of alkyl halides is 1. The van der Waals surface area contributed by atoms with Gasteiger partial charge in [0.2, 0.25) is 0 Å². The van der Waals surface area contributed by atoms with Crippen LogP contribution in [0.15, 0.2) is 82.6 Å². The van der Waals surface area contributed by atoms with Gasteiger partial charge in [-0.1, -0.05) is 60.6 Å². The molecule has 0 unspecified atom stereocenters. The predicted octanol–water partition coefficient (Wildman–Crippen LogP) is 10.1. The highest BCUT2D eigenvalue weighted by Gasteiger charge is 2.20. The zero-order chi connectivity index (χ0) is 26.0. The lowest BCUT2D eigenvalue weighted by Gasteiger charge is -2.25. The van der Waals surface area contributed by atoms with E-state index in [1.807, 2.05) is 24.3 Å². The summed E-state index contributed by atoms with van der Waals surface area (Å²) in [7, 11) is 0. The monoisotopic (exact) mass is 560 g/mol. The third-order valence-corrected chi connectivity index (χ3v) is 7.85. The first kappa shape index (κ1) is 26.4. The van der Waals surface area contributed by atoms with Crippen molar-refractivity contribution in [2.45, 2.75) is 62.1 Å². The number of phenolic OH excluding ortho intramolecular Hbond substituents is 1. The molecule has 0 aliphatic rings. The molecule has 4 heteroatoms. The van der Waals surface area contributed by atoms with E-state index in [0.717, 1.165) is 32.4 Å². The van der Waals surface area contributed by atoms with Gasteiger partial charge in [-0.2, -0.15) is 0 Å². The van der Waals surface area contributed by atoms with Crippen molar-refractivity contribution in [1.29, 1.82) is 0 Å². The maximum atomic E-state index is 9.48. The fourth-order valence-corrected chi connectivity index (χ4v) is 6.15. The van der Waals surface area contributed by atoms with Gasteiger partial charge in [0.1, 0.15) is 17.2 Å². The van der Waals surface area contributed by atoms with Gasteiger partial charge < -0.3 is 9.84 Å². The highest BCUT2D eigenvalue weighted by Crippen LogP contribution is 2.38. The molecule has 0 aliphatic carbocycles. The molecule has 0 amide bonds. The lowest BCUT2D eigenvalue weighted by molar-refractivity contribution is 0.474. The van der Waals surface area contributed by atoms with Crippen molar-refractivity contribution in [3.63, 3.8) is 0 Å². The Morgan fingerprint density at radius 1 is 0.750 bits per heavy atom. The third kappa shape index (κ3) is 5.99. The Morgan fingerprint density at radius 3 is 1.78 bits per heavy atom. The number of halogens is 1. The molecule has 0 saturated heterocycles. The van der Waals surface area contributed by atoms with Crippen molar-refractivity contribution in [2.24, 2.45) is 0 Å². The van der Waals surface area contributed by atoms with E-state index in [1.54, 1.807) is 23.9 Å². The number of hydrogen-bond acceptors (Lipinski definition) is 3. The van der Waals surface area contributed by atoms with Gasteiger partial charge in [-0.25, -0.2) is 0 Å². The highest BCUT2D eigenvalue weighted by molar-refractivity contribution is 9.08. The summed E-state index contributed by atoms with van der Waals surface area (Å²) < 4.78 is 6.38. The van der Waals surface area contributed by atoms with Crippen LogP contribution < -0.4 is 4.74 Å².